The number of hydrogen-bond acceptors (Lipinski definition) is 4. The second-order valence-corrected chi connectivity index (χ2v) is 6.07. The van der Waals surface area contributed by atoms with Gasteiger partial charge in [-0.05, 0) is 49.2 Å². The van der Waals surface area contributed by atoms with Gasteiger partial charge in [0.2, 0.25) is 11.8 Å². The fraction of sp³-hybridized carbons (Fsp3) is 0.263. The monoisotopic (exact) mass is 358 g/mol. The molecule has 0 spiro atoms. The quantitative estimate of drug-likeness (QED) is 0.778. The van der Waals surface area contributed by atoms with Gasteiger partial charge in [0.15, 0.2) is 11.5 Å². The lowest BCUT2D eigenvalue weighted by Crippen LogP contribution is -2.35. The molecule has 7 heteroatoms. The fourth-order valence-corrected chi connectivity index (χ4v) is 2.63. The number of ether oxygens (including phenoxy) is 2. The highest BCUT2D eigenvalue weighted by Crippen LogP contribution is 2.47. The van der Waals surface area contributed by atoms with Gasteiger partial charge in [-0.1, -0.05) is 0 Å². The van der Waals surface area contributed by atoms with E-state index in [1.807, 2.05) is 0 Å². The maximum absolute atomic E-state index is 13.0. The summed E-state index contributed by atoms with van der Waals surface area (Å²) in [6.07, 6.45) is 0.915. The van der Waals surface area contributed by atoms with E-state index in [-0.39, 0.29) is 5.91 Å². The van der Waals surface area contributed by atoms with Gasteiger partial charge in [0.25, 0.3) is 0 Å². The zero-order valence-electron chi connectivity index (χ0n) is 14.5. The molecule has 0 unspecified atom stereocenters. The maximum atomic E-state index is 13.0. The predicted molar refractivity (Wildman–Crippen MR) is 94.9 cm³/mol. The van der Waals surface area contributed by atoms with Crippen LogP contribution in [0.25, 0.3) is 0 Å². The molecule has 2 amide bonds. The first kappa shape index (κ1) is 17.7. The summed E-state index contributed by atoms with van der Waals surface area (Å²) in [7, 11) is 3.02. The molecule has 1 saturated carbocycles. The first-order valence-electron chi connectivity index (χ1n) is 8.09. The third-order valence-corrected chi connectivity index (χ3v) is 4.36. The van der Waals surface area contributed by atoms with E-state index in [1.54, 1.807) is 18.2 Å². The molecule has 0 heterocycles. The number of methoxy groups -OCH3 is 2. The molecular weight excluding hydrogens is 339 g/mol. The maximum Gasteiger partial charge on any atom is 0.240 e. The Morgan fingerprint density at radius 1 is 0.885 bits per heavy atom. The number of rotatable bonds is 6. The predicted octanol–water partition coefficient (Wildman–Crippen LogP) is 3.20. The number of hydrogen-bond donors (Lipinski definition) is 2. The van der Waals surface area contributed by atoms with Gasteiger partial charge in [0, 0.05) is 17.4 Å². The molecule has 6 nitrogen and oxygen atoms in total. The van der Waals surface area contributed by atoms with Crippen molar-refractivity contribution in [3.63, 3.8) is 0 Å². The highest BCUT2D eigenvalue weighted by molar-refractivity contribution is 6.16. The average molecular weight is 358 g/mol. The number of benzene rings is 2. The lowest BCUT2D eigenvalue weighted by Gasteiger charge is -2.16. The summed E-state index contributed by atoms with van der Waals surface area (Å²) in [5.41, 5.74) is -0.156. The Kier molecular flexibility index (Phi) is 4.79. The Morgan fingerprint density at radius 2 is 1.42 bits per heavy atom. The minimum absolute atomic E-state index is 0.385. The number of halogens is 1. The van der Waals surface area contributed by atoms with Gasteiger partial charge < -0.3 is 20.1 Å². The highest BCUT2D eigenvalue weighted by Gasteiger charge is 2.56. The molecule has 3 rings (SSSR count). The zero-order valence-corrected chi connectivity index (χ0v) is 14.5. The van der Waals surface area contributed by atoms with E-state index >= 15 is 0 Å². The molecule has 0 radical (unpaired) electrons. The summed E-state index contributed by atoms with van der Waals surface area (Å²) in [5, 5.41) is 5.42. The van der Waals surface area contributed by atoms with Crippen LogP contribution in [-0.2, 0) is 9.59 Å². The van der Waals surface area contributed by atoms with Gasteiger partial charge >= 0.3 is 0 Å². The normalized spacial score (nSPS) is 14.3. The van der Waals surface area contributed by atoms with Gasteiger partial charge in [-0.15, -0.1) is 0 Å². The van der Waals surface area contributed by atoms with Crippen molar-refractivity contribution < 1.29 is 23.5 Å². The van der Waals surface area contributed by atoms with E-state index in [0.717, 1.165) is 0 Å². The average Bonchev–Trinajstić information content (AvgIpc) is 3.45. The summed E-state index contributed by atoms with van der Waals surface area (Å²) in [4.78, 5) is 25.2. The second-order valence-electron chi connectivity index (χ2n) is 6.07. The molecule has 2 N–H and O–H groups in total. The highest BCUT2D eigenvalue weighted by atomic mass is 19.1. The van der Waals surface area contributed by atoms with Crippen LogP contribution in [0.5, 0.6) is 11.5 Å². The zero-order chi connectivity index (χ0) is 18.7. The third-order valence-electron chi connectivity index (χ3n) is 4.36. The first-order chi connectivity index (χ1) is 12.5. The van der Waals surface area contributed by atoms with Gasteiger partial charge in [0.05, 0.1) is 14.2 Å². The van der Waals surface area contributed by atoms with Crippen molar-refractivity contribution >= 4 is 23.2 Å². The van der Waals surface area contributed by atoms with Crippen molar-refractivity contribution in [2.24, 2.45) is 5.41 Å². The molecule has 0 atom stereocenters. The fourth-order valence-electron chi connectivity index (χ4n) is 2.63. The molecular formula is C19H19FN2O4. The van der Waals surface area contributed by atoms with E-state index in [2.05, 4.69) is 10.6 Å². The van der Waals surface area contributed by atoms with E-state index in [4.69, 9.17) is 9.47 Å². The van der Waals surface area contributed by atoms with Crippen LogP contribution in [0.15, 0.2) is 42.5 Å². The van der Waals surface area contributed by atoms with Crippen molar-refractivity contribution in [3.8, 4) is 11.5 Å². The van der Waals surface area contributed by atoms with Crippen molar-refractivity contribution in [1.82, 2.24) is 0 Å². The first-order valence-corrected chi connectivity index (χ1v) is 8.09. The minimum atomic E-state index is -1.11. The summed E-state index contributed by atoms with van der Waals surface area (Å²) in [6, 6.07) is 10.4. The van der Waals surface area contributed by atoms with Crippen molar-refractivity contribution in [2.75, 3.05) is 24.9 Å². The van der Waals surface area contributed by atoms with Crippen molar-refractivity contribution in [2.45, 2.75) is 12.8 Å². The van der Waals surface area contributed by atoms with Crippen LogP contribution in [0, 0.1) is 11.2 Å². The molecule has 26 heavy (non-hydrogen) atoms. The van der Waals surface area contributed by atoms with E-state index in [9.17, 15) is 14.0 Å². The van der Waals surface area contributed by atoms with Gasteiger partial charge in [-0.2, -0.15) is 0 Å². The molecule has 1 aliphatic rings. The van der Waals surface area contributed by atoms with Crippen LogP contribution in [0.1, 0.15) is 12.8 Å². The van der Waals surface area contributed by atoms with Crippen LogP contribution in [0.3, 0.4) is 0 Å². The third kappa shape index (κ3) is 3.46. The van der Waals surface area contributed by atoms with E-state index < -0.39 is 17.1 Å². The van der Waals surface area contributed by atoms with Gasteiger partial charge in [-0.25, -0.2) is 4.39 Å². The second kappa shape index (κ2) is 7.03. The lowest BCUT2D eigenvalue weighted by molar-refractivity contribution is -0.131. The minimum Gasteiger partial charge on any atom is -0.493 e. The topological polar surface area (TPSA) is 76.7 Å². The van der Waals surface area contributed by atoms with Crippen molar-refractivity contribution in [1.29, 1.82) is 0 Å². The number of amides is 2. The van der Waals surface area contributed by atoms with Crippen LogP contribution in [-0.4, -0.2) is 26.0 Å². The molecule has 2 aromatic carbocycles. The van der Waals surface area contributed by atoms with Gasteiger partial charge in [-0.3, -0.25) is 9.59 Å². The Bertz CT molecular complexity index is 832. The van der Waals surface area contributed by atoms with Crippen LogP contribution in [0.2, 0.25) is 0 Å². The van der Waals surface area contributed by atoms with Crippen molar-refractivity contribution in [3.05, 3.63) is 48.3 Å². The summed E-state index contributed by atoms with van der Waals surface area (Å²) in [6.45, 7) is 0. The molecule has 0 aromatic heterocycles. The Balaban J connectivity index is 1.70. The SMILES string of the molecule is COc1ccc(NC(=O)C2(C(=O)Nc3ccc(F)cc3)CC2)cc1OC. The molecule has 0 bridgehead atoms. The van der Waals surface area contributed by atoms with Gasteiger partial charge in [0.1, 0.15) is 11.2 Å². The van der Waals surface area contributed by atoms with Crippen LogP contribution in [0.4, 0.5) is 15.8 Å². The molecule has 0 aliphatic heterocycles. The van der Waals surface area contributed by atoms with Crippen LogP contribution < -0.4 is 20.1 Å². The number of carbonyl (C=O) groups excluding carboxylic acids is 2. The Morgan fingerprint density at radius 3 is 1.96 bits per heavy atom. The smallest absolute Gasteiger partial charge is 0.240 e. The Hall–Kier alpha value is -3.09. The number of anilines is 2. The number of nitrogens with one attached hydrogen (secondary N) is 2. The van der Waals surface area contributed by atoms with Crippen LogP contribution >= 0.6 is 0 Å². The van der Waals surface area contributed by atoms with E-state index in [0.29, 0.717) is 35.7 Å². The summed E-state index contributed by atoms with van der Waals surface area (Å²) < 4.78 is 23.3. The molecule has 0 saturated heterocycles. The molecule has 2 aromatic rings. The number of carbonyl (C=O) groups is 2. The molecule has 136 valence electrons. The lowest BCUT2D eigenvalue weighted by atomic mass is 10.0. The molecule has 1 fully saturated rings. The summed E-state index contributed by atoms with van der Waals surface area (Å²) in [5.74, 6) is -0.159. The largest absolute Gasteiger partial charge is 0.493 e. The molecule has 1 aliphatic carbocycles. The van der Waals surface area contributed by atoms with E-state index in [1.165, 1.54) is 38.5 Å². The standard InChI is InChI=1S/C19H19FN2O4/c1-25-15-8-7-14(11-16(15)26-2)22-18(24)19(9-10-19)17(23)21-13-5-3-12(20)4-6-13/h3-8,11H,9-10H2,1-2H3,(H,21,23)(H,22,24). The summed E-state index contributed by atoms with van der Waals surface area (Å²) >= 11 is 0. The Labute approximate surface area is 150 Å².